The first-order chi connectivity index (χ1) is 5.27. The third-order valence-corrected chi connectivity index (χ3v) is 3.25. The summed E-state index contributed by atoms with van der Waals surface area (Å²) in [6.07, 6.45) is 5.71. The summed E-state index contributed by atoms with van der Waals surface area (Å²) < 4.78 is 11.2. The van der Waals surface area contributed by atoms with Crippen LogP contribution in [0.15, 0.2) is 11.6 Å². The van der Waals surface area contributed by atoms with Crippen LogP contribution in [0.3, 0.4) is 0 Å². The zero-order valence-electron chi connectivity index (χ0n) is 6.72. The number of hydrogen-bond acceptors (Lipinski definition) is 2. The molecule has 2 nitrogen and oxygen atoms in total. The molecular formula is C9H12O2. The molecule has 3 rings (SSSR count). The van der Waals surface area contributed by atoms with E-state index in [-0.39, 0.29) is 11.2 Å². The van der Waals surface area contributed by atoms with Crippen molar-refractivity contribution in [2.75, 3.05) is 6.79 Å². The van der Waals surface area contributed by atoms with E-state index < -0.39 is 0 Å². The Morgan fingerprint density at radius 2 is 2.36 bits per heavy atom. The van der Waals surface area contributed by atoms with Gasteiger partial charge >= 0.3 is 0 Å². The fraction of sp³-hybridized carbons (Fsp3) is 0.778. The van der Waals surface area contributed by atoms with E-state index in [2.05, 4.69) is 13.0 Å². The predicted octanol–water partition coefficient (Wildman–Crippen LogP) is 1.61. The Morgan fingerprint density at radius 1 is 1.45 bits per heavy atom. The molecule has 0 bridgehead atoms. The molecule has 0 spiro atoms. The maximum absolute atomic E-state index is 5.59. The topological polar surface area (TPSA) is 18.5 Å². The van der Waals surface area contributed by atoms with Crippen molar-refractivity contribution in [1.29, 1.82) is 0 Å². The second kappa shape index (κ2) is 1.54. The van der Waals surface area contributed by atoms with Gasteiger partial charge in [-0.3, -0.25) is 0 Å². The molecule has 1 aliphatic heterocycles. The molecule has 1 saturated carbocycles. The van der Waals surface area contributed by atoms with E-state index in [1.54, 1.807) is 0 Å². The molecule has 0 aromatic heterocycles. The van der Waals surface area contributed by atoms with Gasteiger partial charge in [0.15, 0.2) is 0 Å². The smallest absolute Gasteiger partial charge is 0.148 e. The van der Waals surface area contributed by atoms with Crippen LogP contribution >= 0.6 is 0 Å². The normalized spacial score (nSPS) is 53.0. The highest BCUT2D eigenvalue weighted by atomic mass is 16.7. The molecule has 3 aliphatic rings. The van der Waals surface area contributed by atoms with Gasteiger partial charge in [0.25, 0.3) is 0 Å². The van der Waals surface area contributed by atoms with Gasteiger partial charge in [0, 0.05) is 6.42 Å². The van der Waals surface area contributed by atoms with Crippen LogP contribution in [-0.2, 0) is 9.47 Å². The standard InChI is InChI=1S/C9H12O2/c1-7-2-3-8-5-9(8,4-7)11-6-10-8/h4H,2-3,5-6H2,1H3. The van der Waals surface area contributed by atoms with Crippen LogP contribution in [-0.4, -0.2) is 18.0 Å². The first-order valence-corrected chi connectivity index (χ1v) is 4.23. The summed E-state index contributed by atoms with van der Waals surface area (Å²) in [7, 11) is 0. The lowest BCUT2D eigenvalue weighted by atomic mass is 9.96. The quantitative estimate of drug-likeness (QED) is 0.491. The van der Waals surface area contributed by atoms with Crippen LogP contribution in [0.25, 0.3) is 0 Å². The molecule has 2 aliphatic carbocycles. The van der Waals surface area contributed by atoms with Gasteiger partial charge in [-0.2, -0.15) is 0 Å². The van der Waals surface area contributed by atoms with Crippen LogP contribution in [0.5, 0.6) is 0 Å². The van der Waals surface area contributed by atoms with Gasteiger partial charge in [-0.1, -0.05) is 11.6 Å². The average molecular weight is 152 g/mol. The zero-order chi connectivity index (χ0) is 7.53. The summed E-state index contributed by atoms with van der Waals surface area (Å²) in [6, 6.07) is 0. The summed E-state index contributed by atoms with van der Waals surface area (Å²) in [4.78, 5) is 0. The maximum Gasteiger partial charge on any atom is 0.148 e. The van der Waals surface area contributed by atoms with E-state index in [4.69, 9.17) is 9.47 Å². The molecule has 2 heteroatoms. The highest BCUT2D eigenvalue weighted by molar-refractivity contribution is 5.36. The monoisotopic (exact) mass is 152 g/mol. The summed E-state index contributed by atoms with van der Waals surface area (Å²) >= 11 is 0. The molecule has 60 valence electrons. The highest BCUT2D eigenvalue weighted by Gasteiger charge is 2.73. The molecule has 0 aromatic rings. The number of ether oxygens (including phenoxy) is 2. The van der Waals surface area contributed by atoms with Gasteiger partial charge in [0.05, 0.1) is 0 Å². The Kier molecular flexibility index (Phi) is 0.871. The van der Waals surface area contributed by atoms with Crippen LogP contribution in [0, 0.1) is 0 Å². The van der Waals surface area contributed by atoms with E-state index in [0.29, 0.717) is 6.79 Å². The molecule has 2 atom stereocenters. The van der Waals surface area contributed by atoms with Gasteiger partial charge in [-0.25, -0.2) is 0 Å². The van der Waals surface area contributed by atoms with Crippen molar-refractivity contribution in [1.82, 2.24) is 0 Å². The Morgan fingerprint density at radius 3 is 3.27 bits per heavy atom. The Hall–Kier alpha value is -0.340. The second-order valence-corrected chi connectivity index (χ2v) is 3.96. The second-order valence-electron chi connectivity index (χ2n) is 3.96. The minimum absolute atomic E-state index is 0.0231. The van der Waals surface area contributed by atoms with E-state index in [1.165, 1.54) is 12.0 Å². The molecular weight excluding hydrogens is 140 g/mol. The Balaban J connectivity index is 2.05. The van der Waals surface area contributed by atoms with Crippen molar-refractivity contribution in [2.45, 2.75) is 37.4 Å². The van der Waals surface area contributed by atoms with Crippen LogP contribution < -0.4 is 0 Å². The van der Waals surface area contributed by atoms with Crippen molar-refractivity contribution in [3.8, 4) is 0 Å². The summed E-state index contributed by atoms with van der Waals surface area (Å²) in [6.45, 7) is 2.68. The molecule has 0 N–H and O–H groups in total. The molecule has 2 fully saturated rings. The third kappa shape index (κ3) is 0.565. The molecule has 0 aromatic carbocycles. The molecule has 11 heavy (non-hydrogen) atoms. The predicted molar refractivity (Wildman–Crippen MR) is 40.1 cm³/mol. The molecule has 1 heterocycles. The van der Waals surface area contributed by atoms with Gasteiger partial charge in [-0.05, 0) is 19.8 Å². The fourth-order valence-corrected chi connectivity index (χ4v) is 2.45. The minimum Gasteiger partial charge on any atom is -0.345 e. The summed E-state index contributed by atoms with van der Waals surface area (Å²) in [5, 5.41) is 0. The lowest BCUT2D eigenvalue weighted by Crippen LogP contribution is -2.23. The summed E-state index contributed by atoms with van der Waals surface area (Å²) in [5.41, 5.74) is 1.60. The minimum atomic E-state index is 0.0231. The molecule has 0 amide bonds. The fourth-order valence-electron chi connectivity index (χ4n) is 2.45. The maximum atomic E-state index is 5.59. The third-order valence-electron chi connectivity index (χ3n) is 3.25. The van der Waals surface area contributed by atoms with Crippen LogP contribution in [0.1, 0.15) is 26.2 Å². The van der Waals surface area contributed by atoms with Crippen molar-refractivity contribution in [2.24, 2.45) is 0 Å². The number of rotatable bonds is 0. The number of hydrogen-bond donors (Lipinski definition) is 0. The first kappa shape index (κ1) is 6.21. The van der Waals surface area contributed by atoms with Gasteiger partial charge in [0.2, 0.25) is 0 Å². The van der Waals surface area contributed by atoms with E-state index >= 15 is 0 Å². The molecule has 0 radical (unpaired) electrons. The largest absolute Gasteiger partial charge is 0.345 e. The zero-order valence-corrected chi connectivity index (χ0v) is 6.72. The van der Waals surface area contributed by atoms with Crippen LogP contribution in [0.4, 0.5) is 0 Å². The van der Waals surface area contributed by atoms with E-state index in [9.17, 15) is 0 Å². The van der Waals surface area contributed by atoms with Gasteiger partial charge < -0.3 is 9.47 Å². The SMILES string of the molecule is CC1=CC23CC2(CC1)OCO3. The van der Waals surface area contributed by atoms with Crippen molar-refractivity contribution >= 4 is 0 Å². The summed E-state index contributed by atoms with van der Waals surface area (Å²) in [5.74, 6) is 0. The molecule has 2 unspecified atom stereocenters. The highest BCUT2D eigenvalue weighted by Crippen LogP contribution is 2.63. The first-order valence-electron chi connectivity index (χ1n) is 4.23. The lowest BCUT2D eigenvalue weighted by molar-refractivity contribution is -0.0233. The van der Waals surface area contributed by atoms with Crippen molar-refractivity contribution in [3.63, 3.8) is 0 Å². The average Bonchev–Trinajstić information content (AvgIpc) is 2.47. The Bertz CT molecular complexity index is 246. The van der Waals surface area contributed by atoms with Crippen molar-refractivity contribution in [3.05, 3.63) is 11.6 Å². The van der Waals surface area contributed by atoms with E-state index in [0.717, 1.165) is 12.8 Å². The lowest BCUT2D eigenvalue weighted by Gasteiger charge is -2.18. The number of allylic oxidation sites excluding steroid dienone is 1. The van der Waals surface area contributed by atoms with Crippen molar-refractivity contribution < 1.29 is 9.47 Å². The van der Waals surface area contributed by atoms with Crippen LogP contribution in [0.2, 0.25) is 0 Å². The van der Waals surface area contributed by atoms with E-state index in [1.807, 2.05) is 0 Å². The van der Waals surface area contributed by atoms with Gasteiger partial charge in [0.1, 0.15) is 18.0 Å². The molecule has 1 saturated heterocycles. The van der Waals surface area contributed by atoms with Gasteiger partial charge in [-0.15, -0.1) is 0 Å². The Labute approximate surface area is 66.2 Å².